The molecule has 88 valence electrons. The Kier molecular flexibility index (Phi) is 2.64. The highest BCUT2D eigenvalue weighted by molar-refractivity contribution is 7.99. The van der Waals surface area contributed by atoms with Crippen molar-refractivity contribution < 1.29 is 4.74 Å². The van der Waals surface area contributed by atoms with Gasteiger partial charge in [-0.2, -0.15) is 0 Å². The molecule has 0 saturated carbocycles. The minimum atomic E-state index is 0.842. The van der Waals surface area contributed by atoms with Crippen molar-refractivity contribution in [2.45, 2.75) is 5.16 Å². The highest BCUT2D eigenvalue weighted by Gasteiger charge is 2.17. The van der Waals surface area contributed by atoms with Crippen LogP contribution in [-0.2, 0) is 0 Å². The highest BCUT2D eigenvalue weighted by Crippen LogP contribution is 2.25. The molecule has 0 fully saturated rings. The van der Waals surface area contributed by atoms with Crippen LogP contribution in [0, 0.1) is 0 Å². The van der Waals surface area contributed by atoms with Gasteiger partial charge in [-0.3, -0.25) is 0 Å². The van der Waals surface area contributed by atoms with Gasteiger partial charge in [0.2, 0.25) is 5.16 Å². The predicted molar refractivity (Wildman–Crippen MR) is 67.0 cm³/mol. The van der Waals surface area contributed by atoms with Gasteiger partial charge in [0, 0.05) is 17.9 Å². The number of methoxy groups -OCH3 is 1. The number of hydrogen-bond donors (Lipinski definition) is 1. The summed E-state index contributed by atoms with van der Waals surface area (Å²) < 4.78 is 7.08. The lowest BCUT2D eigenvalue weighted by atomic mass is 10.2. The molecule has 17 heavy (non-hydrogen) atoms. The van der Waals surface area contributed by atoms with E-state index in [0.717, 1.165) is 34.6 Å². The molecule has 1 aromatic carbocycles. The van der Waals surface area contributed by atoms with Crippen LogP contribution in [0.1, 0.15) is 0 Å². The van der Waals surface area contributed by atoms with Crippen molar-refractivity contribution in [1.82, 2.24) is 14.9 Å². The summed E-state index contributed by atoms with van der Waals surface area (Å²) in [6.07, 6.45) is 0. The van der Waals surface area contributed by atoms with Gasteiger partial charge in [-0.15, -0.1) is 10.2 Å². The van der Waals surface area contributed by atoms with Crippen molar-refractivity contribution in [2.24, 2.45) is 0 Å². The molecule has 2 heterocycles. The number of rotatable bonds is 2. The highest BCUT2D eigenvalue weighted by atomic mass is 32.2. The Bertz CT molecular complexity index is 523. The van der Waals surface area contributed by atoms with Crippen LogP contribution < -0.4 is 10.2 Å². The number of aromatic nitrogens is 3. The molecule has 2 aromatic rings. The van der Waals surface area contributed by atoms with Crippen LogP contribution in [0.4, 0.5) is 0 Å². The van der Waals surface area contributed by atoms with Gasteiger partial charge in [-0.05, 0) is 24.3 Å². The van der Waals surface area contributed by atoms with E-state index in [1.165, 1.54) is 0 Å². The Morgan fingerprint density at radius 3 is 2.88 bits per heavy atom. The molecule has 0 saturated heterocycles. The minimum Gasteiger partial charge on any atom is -0.497 e. The van der Waals surface area contributed by atoms with Crippen LogP contribution in [-0.4, -0.2) is 34.3 Å². The number of nitrogens with zero attached hydrogens (tertiary/aromatic N) is 3. The molecular weight excluding hydrogens is 236 g/mol. The van der Waals surface area contributed by atoms with Crippen molar-refractivity contribution in [1.29, 1.82) is 0 Å². The second-order valence-electron chi connectivity index (χ2n) is 3.63. The standard InChI is InChI=1S/C11H12N4OS/c1-16-9-4-2-8(3-5-9)10-13-14-11-15(10)12-6-7-17-11/h2-5,12H,6-7H2,1H3. The van der Waals surface area contributed by atoms with Crippen LogP contribution >= 0.6 is 11.8 Å². The van der Waals surface area contributed by atoms with Crippen LogP contribution in [0.15, 0.2) is 29.4 Å². The van der Waals surface area contributed by atoms with Crippen molar-refractivity contribution in [3.8, 4) is 17.1 Å². The molecule has 0 unspecified atom stereocenters. The Balaban J connectivity index is 2.00. The van der Waals surface area contributed by atoms with Crippen LogP contribution in [0.5, 0.6) is 5.75 Å². The maximum Gasteiger partial charge on any atom is 0.210 e. The number of thioether (sulfide) groups is 1. The molecule has 3 rings (SSSR count). The Morgan fingerprint density at radius 1 is 1.29 bits per heavy atom. The molecule has 5 nitrogen and oxygen atoms in total. The summed E-state index contributed by atoms with van der Waals surface area (Å²) in [6, 6.07) is 7.81. The summed E-state index contributed by atoms with van der Waals surface area (Å²) in [4.78, 5) is 0. The molecule has 0 atom stereocenters. The van der Waals surface area contributed by atoms with E-state index >= 15 is 0 Å². The summed E-state index contributed by atoms with van der Waals surface area (Å²) in [7, 11) is 1.66. The molecule has 1 N–H and O–H groups in total. The van der Waals surface area contributed by atoms with Gasteiger partial charge in [0.25, 0.3) is 0 Å². The monoisotopic (exact) mass is 248 g/mol. The maximum atomic E-state index is 5.14. The fourth-order valence-corrected chi connectivity index (χ4v) is 2.49. The van der Waals surface area contributed by atoms with E-state index < -0.39 is 0 Å². The fourth-order valence-electron chi connectivity index (χ4n) is 1.73. The van der Waals surface area contributed by atoms with E-state index in [4.69, 9.17) is 4.74 Å². The molecule has 0 spiro atoms. The van der Waals surface area contributed by atoms with E-state index in [0.29, 0.717) is 0 Å². The van der Waals surface area contributed by atoms with E-state index in [-0.39, 0.29) is 0 Å². The normalized spacial score (nSPS) is 13.9. The van der Waals surface area contributed by atoms with Gasteiger partial charge in [-0.1, -0.05) is 11.8 Å². The summed E-state index contributed by atoms with van der Waals surface area (Å²) in [5, 5.41) is 9.29. The number of nitrogens with one attached hydrogen (secondary N) is 1. The average molecular weight is 248 g/mol. The predicted octanol–water partition coefficient (Wildman–Crippen LogP) is 1.60. The zero-order valence-electron chi connectivity index (χ0n) is 9.38. The zero-order valence-corrected chi connectivity index (χ0v) is 10.2. The first kappa shape index (κ1) is 10.5. The second-order valence-corrected chi connectivity index (χ2v) is 4.69. The summed E-state index contributed by atoms with van der Waals surface area (Å²) in [5.41, 5.74) is 4.31. The Morgan fingerprint density at radius 2 is 2.12 bits per heavy atom. The summed E-state index contributed by atoms with van der Waals surface area (Å²) >= 11 is 1.71. The number of benzene rings is 1. The van der Waals surface area contributed by atoms with Gasteiger partial charge in [0.15, 0.2) is 5.82 Å². The lowest BCUT2D eigenvalue weighted by Gasteiger charge is -2.16. The molecule has 0 aliphatic carbocycles. The number of ether oxygens (including phenoxy) is 1. The topological polar surface area (TPSA) is 52.0 Å². The first-order valence-corrected chi connectivity index (χ1v) is 6.33. The third-order valence-corrected chi connectivity index (χ3v) is 3.52. The summed E-state index contributed by atoms with van der Waals surface area (Å²) in [5.74, 6) is 2.71. The van der Waals surface area contributed by atoms with Gasteiger partial charge in [0.05, 0.1) is 7.11 Å². The van der Waals surface area contributed by atoms with E-state index in [2.05, 4.69) is 15.6 Å². The van der Waals surface area contributed by atoms with Gasteiger partial charge < -0.3 is 10.2 Å². The molecule has 1 aliphatic heterocycles. The lowest BCUT2D eigenvalue weighted by molar-refractivity contribution is 0.415. The largest absolute Gasteiger partial charge is 0.497 e. The molecule has 1 aromatic heterocycles. The Hall–Kier alpha value is -1.69. The summed E-state index contributed by atoms with van der Waals surface area (Å²) in [6.45, 7) is 0.929. The molecule has 1 aliphatic rings. The third-order valence-electron chi connectivity index (χ3n) is 2.58. The van der Waals surface area contributed by atoms with Crippen LogP contribution in [0.3, 0.4) is 0 Å². The van der Waals surface area contributed by atoms with Gasteiger partial charge >= 0.3 is 0 Å². The first-order valence-electron chi connectivity index (χ1n) is 5.35. The average Bonchev–Trinajstić information content (AvgIpc) is 2.83. The van der Waals surface area contributed by atoms with Crippen molar-refractivity contribution in [3.63, 3.8) is 0 Å². The van der Waals surface area contributed by atoms with Gasteiger partial charge in [0.1, 0.15) is 5.75 Å². The van der Waals surface area contributed by atoms with E-state index in [1.54, 1.807) is 18.9 Å². The number of fused-ring (bicyclic) bond motifs is 1. The molecule has 0 amide bonds. The van der Waals surface area contributed by atoms with Crippen molar-refractivity contribution in [2.75, 3.05) is 24.8 Å². The molecular formula is C11H12N4OS. The molecule has 6 heteroatoms. The van der Waals surface area contributed by atoms with E-state index in [9.17, 15) is 0 Å². The quantitative estimate of drug-likeness (QED) is 0.875. The fraction of sp³-hybridized carbons (Fsp3) is 0.273. The third kappa shape index (κ3) is 1.84. The van der Waals surface area contributed by atoms with Crippen LogP contribution in [0.2, 0.25) is 0 Å². The molecule has 0 radical (unpaired) electrons. The van der Waals surface area contributed by atoms with Crippen LogP contribution in [0.25, 0.3) is 11.4 Å². The van der Waals surface area contributed by atoms with Crippen molar-refractivity contribution >= 4 is 11.8 Å². The maximum absolute atomic E-state index is 5.14. The van der Waals surface area contributed by atoms with Gasteiger partial charge in [-0.25, -0.2) is 4.68 Å². The SMILES string of the molecule is COc1ccc(-c2nnc3n2NCCS3)cc1. The van der Waals surface area contributed by atoms with Crippen molar-refractivity contribution in [3.05, 3.63) is 24.3 Å². The zero-order chi connectivity index (χ0) is 11.7. The number of hydrogen-bond acceptors (Lipinski definition) is 5. The smallest absolute Gasteiger partial charge is 0.210 e. The Labute approximate surface area is 103 Å². The molecule has 0 bridgehead atoms. The second kappa shape index (κ2) is 4.29. The lowest BCUT2D eigenvalue weighted by Crippen LogP contribution is -2.23. The first-order chi connectivity index (χ1) is 8.38. The minimum absolute atomic E-state index is 0.842. The van der Waals surface area contributed by atoms with E-state index in [1.807, 2.05) is 28.9 Å².